The fourth-order valence-electron chi connectivity index (χ4n) is 3.42. The minimum Gasteiger partial charge on any atom is -0.354 e. The maximum absolute atomic E-state index is 4.79. The van der Waals surface area contributed by atoms with Crippen LogP contribution in [0.3, 0.4) is 0 Å². The van der Waals surface area contributed by atoms with Crippen LogP contribution in [0.25, 0.3) is 17.2 Å². The Hall–Kier alpha value is -2.47. The molecule has 0 aliphatic carbocycles. The topological polar surface area (TPSA) is 49.6 Å². The molecule has 6 heteroatoms. The monoisotopic (exact) mass is 336 g/mol. The number of likely N-dealkylation sites (N-methyl/N-ethyl adjacent to an activating group) is 1. The highest BCUT2D eigenvalue weighted by Gasteiger charge is 2.20. The number of hydrogen-bond acceptors (Lipinski definition) is 5. The minimum absolute atomic E-state index is 0.672. The lowest BCUT2D eigenvalue weighted by atomic mass is 10.1. The molecule has 1 aliphatic heterocycles. The van der Waals surface area contributed by atoms with E-state index in [1.54, 1.807) is 0 Å². The van der Waals surface area contributed by atoms with Crippen LogP contribution in [0.4, 0.5) is 5.82 Å². The van der Waals surface area contributed by atoms with E-state index in [1.165, 1.54) is 5.56 Å². The standard InChI is InChI=1S/C19H24N6/c1-4-23-9-11-24(12-10-23)17-13-15(3)20-19-21-18(22-25(17)19)16-8-6-5-7-14(16)2/h5-8,13H,4,9-12H2,1-3H3. The molecule has 1 aliphatic rings. The van der Waals surface area contributed by atoms with Gasteiger partial charge < -0.3 is 9.80 Å². The van der Waals surface area contributed by atoms with Gasteiger partial charge >= 0.3 is 0 Å². The number of hydrogen-bond donors (Lipinski definition) is 0. The van der Waals surface area contributed by atoms with Crippen molar-refractivity contribution in [3.63, 3.8) is 0 Å². The van der Waals surface area contributed by atoms with E-state index in [1.807, 2.05) is 23.6 Å². The molecule has 0 radical (unpaired) electrons. The van der Waals surface area contributed by atoms with E-state index in [-0.39, 0.29) is 0 Å². The number of anilines is 1. The molecule has 4 rings (SSSR count). The van der Waals surface area contributed by atoms with Gasteiger partial charge in [0.15, 0.2) is 5.82 Å². The van der Waals surface area contributed by atoms with Gasteiger partial charge in [0.2, 0.25) is 0 Å². The van der Waals surface area contributed by atoms with Crippen molar-refractivity contribution >= 4 is 11.6 Å². The van der Waals surface area contributed by atoms with Gasteiger partial charge in [0.25, 0.3) is 5.78 Å². The van der Waals surface area contributed by atoms with Gasteiger partial charge in [0.1, 0.15) is 5.82 Å². The Bertz CT molecular complexity index is 892. The van der Waals surface area contributed by atoms with Crippen LogP contribution in [0.1, 0.15) is 18.2 Å². The molecule has 1 saturated heterocycles. The van der Waals surface area contributed by atoms with Crippen LogP contribution in [0, 0.1) is 13.8 Å². The van der Waals surface area contributed by atoms with E-state index in [0.717, 1.165) is 55.6 Å². The molecule has 0 amide bonds. The zero-order chi connectivity index (χ0) is 17.4. The molecule has 6 nitrogen and oxygen atoms in total. The number of aromatic nitrogens is 4. The number of aryl methyl sites for hydroxylation is 2. The van der Waals surface area contributed by atoms with Gasteiger partial charge in [-0.15, -0.1) is 5.10 Å². The van der Waals surface area contributed by atoms with Gasteiger partial charge in [0.05, 0.1) is 0 Å². The summed E-state index contributed by atoms with van der Waals surface area (Å²) in [5.74, 6) is 2.50. The molecule has 2 aromatic heterocycles. The van der Waals surface area contributed by atoms with E-state index >= 15 is 0 Å². The predicted molar refractivity (Wildman–Crippen MR) is 100 cm³/mol. The number of piperazine rings is 1. The second kappa shape index (κ2) is 6.44. The molecule has 130 valence electrons. The molecule has 3 heterocycles. The third kappa shape index (κ3) is 2.98. The molecule has 0 N–H and O–H groups in total. The molecule has 3 aromatic rings. The summed E-state index contributed by atoms with van der Waals surface area (Å²) in [5.41, 5.74) is 3.21. The van der Waals surface area contributed by atoms with Crippen molar-refractivity contribution in [1.29, 1.82) is 0 Å². The van der Waals surface area contributed by atoms with E-state index in [2.05, 4.69) is 46.8 Å². The van der Waals surface area contributed by atoms with Gasteiger partial charge in [-0.05, 0) is 26.0 Å². The Morgan fingerprint density at radius 2 is 1.76 bits per heavy atom. The first kappa shape index (κ1) is 16.0. The van der Waals surface area contributed by atoms with Gasteiger partial charge in [-0.1, -0.05) is 31.2 Å². The van der Waals surface area contributed by atoms with Gasteiger partial charge in [-0.3, -0.25) is 0 Å². The van der Waals surface area contributed by atoms with Crippen molar-refractivity contribution in [2.75, 3.05) is 37.6 Å². The van der Waals surface area contributed by atoms with Crippen LogP contribution in [-0.4, -0.2) is 57.2 Å². The lowest BCUT2D eigenvalue weighted by Gasteiger charge is -2.35. The Labute approximate surface area is 148 Å². The highest BCUT2D eigenvalue weighted by molar-refractivity contribution is 5.62. The average Bonchev–Trinajstić information content (AvgIpc) is 3.05. The van der Waals surface area contributed by atoms with Gasteiger partial charge in [-0.25, -0.2) is 4.98 Å². The van der Waals surface area contributed by atoms with Crippen molar-refractivity contribution in [3.8, 4) is 11.4 Å². The summed E-state index contributed by atoms with van der Waals surface area (Å²) in [6.07, 6.45) is 0. The Kier molecular flexibility index (Phi) is 4.13. The molecule has 0 bridgehead atoms. The minimum atomic E-state index is 0.672. The van der Waals surface area contributed by atoms with E-state index in [9.17, 15) is 0 Å². The molecule has 1 aromatic carbocycles. The summed E-state index contributed by atoms with van der Waals surface area (Å²) in [6.45, 7) is 11.6. The second-order valence-electron chi connectivity index (χ2n) is 6.64. The van der Waals surface area contributed by atoms with Gasteiger partial charge in [0, 0.05) is 43.5 Å². The number of benzene rings is 1. The predicted octanol–water partition coefficient (Wildman–Crippen LogP) is 2.55. The highest BCUT2D eigenvalue weighted by Crippen LogP contribution is 2.23. The van der Waals surface area contributed by atoms with Crippen LogP contribution >= 0.6 is 0 Å². The SMILES string of the molecule is CCN1CCN(c2cc(C)nc3nc(-c4ccccc4C)nn23)CC1. The highest BCUT2D eigenvalue weighted by atomic mass is 15.4. The molecule has 25 heavy (non-hydrogen) atoms. The van der Waals surface area contributed by atoms with E-state index < -0.39 is 0 Å². The lowest BCUT2D eigenvalue weighted by molar-refractivity contribution is 0.270. The summed E-state index contributed by atoms with van der Waals surface area (Å²) in [7, 11) is 0. The normalized spacial score (nSPS) is 15.9. The molecule has 1 fully saturated rings. The first-order chi connectivity index (χ1) is 12.2. The van der Waals surface area contributed by atoms with E-state index in [0.29, 0.717) is 5.78 Å². The first-order valence-corrected chi connectivity index (χ1v) is 8.93. The van der Waals surface area contributed by atoms with Crippen LogP contribution in [0.5, 0.6) is 0 Å². The van der Waals surface area contributed by atoms with Crippen LogP contribution in [-0.2, 0) is 0 Å². The van der Waals surface area contributed by atoms with Crippen molar-refractivity contribution < 1.29 is 0 Å². The maximum atomic E-state index is 4.79. The molecule has 0 atom stereocenters. The summed E-state index contributed by atoms with van der Waals surface area (Å²) in [6, 6.07) is 10.3. The third-order valence-corrected chi connectivity index (χ3v) is 4.95. The summed E-state index contributed by atoms with van der Waals surface area (Å²) >= 11 is 0. The Morgan fingerprint density at radius 3 is 2.48 bits per heavy atom. The Balaban J connectivity index is 1.76. The average molecular weight is 336 g/mol. The number of rotatable bonds is 3. The van der Waals surface area contributed by atoms with Crippen LogP contribution < -0.4 is 4.90 Å². The summed E-state index contributed by atoms with van der Waals surface area (Å²) in [4.78, 5) is 14.2. The molecular weight excluding hydrogens is 312 g/mol. The third-order valence-electron chi connectivity index (χ3n) is 4.95. The molecule has 0 spiro atoms. The number of fused-ring (bicyclic) bond motifs is 1. The Morgan fingerprint density at radius 1 is 1.00 bits per heavy atom. The van der Waals surface area contributed by atoms with Gasteiger partial charge in [-0.2, -0.15) is 9.50 Å². The quantitative estimate of drug-likeness (QED) is 0.736. The first-order valence-electron chi connectivity index (χ1n) is 8.93. The number of nitrogens with zero attached hydrogens (tertiary/aromatic N) is 6. The zero-order valence-corrected chi connectivity index (χ0v) is 15.1. The van der Waals surface area contributed by atoms with Crippen LogP contribution in [0.15, 0.2) is 30.3 Å². The smallest absolute Gasteiger partial charge is 0.254 e. The molecule has 0 unspecified atom stereocenters. The van der Waals surface area contributed by atoms with Crippen molar-refractivity contribution in [2.45, 2.75) is 20.8 Å². The van der Waals surface area contributed by atoms with Crippen molar-refractivity contribution in [2.24, 2.45) is 0 Å². The largest absolute Gasteiger partial charge is 0.354 e. The molecular formula is C19H24N6. The summed E-state index contributed by atoms with van der Waals surface area (Å²) in [5, 5.41) is 4.79. The zero-order valence-electron chi connectivity index (χ0n) is 15.1. The summed E-state index contributed by atoms with van der Waals surface area (Å²) < 4.78 is 1.90. The fraction of sp³-hybridized carbons (Fsp3) is 0.421. The van der Waals surface area contributed by atoms with Crippen molar-refractivity contribution in [1.82, 2.24) is 24.5 Å². The second-order valence-corrected chi connectivity index (χ2v) is 6.64. The maximum Gasteiger partial charge on any atom is 0.254 e. The lowest BCUT2D eigenvalue weighted by Crippen LogP contribution is -2.46. The fourth-order valence-corrected chi connectivity index (χ4v) is 3.42. The molecule has 0 saturated carbocycles. The van der Waals surface area contributed by atoms with Crippen molar-refractivity contribution in [3.05, 3.63) is 41.6 Å². The van der Waals surface area contributed by atoms with E-state index in [4.69, 9.17) is 10.1 Å². The van der Waals surface area contributed by atoms with Crippen LogP contribution in [0.2, 0.25) is 0 Å².